The Bertz CT molecular complexity index is 1090. The number of aromatic nitrogens is 2. The summed E-state index contributed by atoms with van der Waals surface area (Å²) in [5.41, 5.74) is 1.78. The van der Waals surface area contributed by atoms with E-state index in [0.29, 0.717) is 33.4 Å². The molecule has 9 heteroatoms. The molecule has 1 aliphatic rings. The van der Waals surface area contributed by atoms with Crippen LogP contribution in [0, 0.1) is 6.92 Å². The molecule has 0 atom stereocenters. The Morgan fingerprint density at radius 2 is 1.70 bits per heavy atom. The zero-order valence-electron chi connectivity index (χ0n) is 16.1. The van der Waals surface area contributed by atoms with Gasteiger partial charge in [-0.25, -0.2) is 0 Å². The zero-order chi connectivity index (χ0) is 21.1. The van der Waals surface area contributed by atoms with Gasteiger partial charge in [0.15, 0.2) is 6.61 Å². The van der Waals surface area contributed by atoms with Crippen LogP contribution in [0.3, 0.4) is 0 Å². The number of para-hydroxylation sites is 1. The minimum absolute atomic E-state index is 0.144. The number of carbonyl (C=O) groups excluding carboxylic acids is 3. The first-order chi connectivity index (χ1) is 14.5. The highest BCUT2D eigenvalue weighted by atomic mass is 32.1. The van der Waals surface area contributed by atoms with Crippen LogP contribution in [-0.4, -0.2) is 46.0 Å². The molecule has 3 aromatic rings. The van der Waals surface area contributed by atoms with Gasteiger partial charge in [0.25, 0.3) is 17.7 Å². The minimum atomic E-state index is -0.346. The van der Waals surface area contributed by atoms with Gasteiger partial charge in [0, 0.05) is 13.0 Å². The van der Waals surface area contributed by atoms with Crippen molar-refractivity contribution in [3.8, 4) is 5.75 Å². The number of benzene rings is 2. The van der Waals surface area contributed by atoms with Crippen LogP contribution in [0.15, 0.2) is 48.5 Å². The molecule has 0 radical (unpaired) electrons. The predicted molar refractivity (Wildman–Crippen MR) is 111 cm³/mol. The molecular weight excluding hydrogens is 404 g/mol. The van der Waals surface area contributed by atoms with Crippen LogP contribution in [0.5, 0.6) is 5.75 Å². The van der Waals surface area contributed by atoms with Gasteiger partial charge in [-0.15, -0.1) is 10.2 Å². The molecular formula is C21H18N4O4S. The first-order valence-corrected chi connectivity index (χ1v) is 10.1. The molecule has 1 N–H and O–H groups in total. The summed E-state index contributed by atoms with van der Waals surface area (Å²) in [5, 5.41) is 11.6. The Balaban J connectivity index is 1.29. The van der Waals surface area contributed by atoms with Crippen molar-refractivity contribution in [3.05, 3.63) is 70.2 Å². The molecule has 8 nitrogen and oxygen atoms in total. The average molecular weight is 422 g/mol. The first-order valence-electron chi connectivity index (χ1n) is 9.29. The van der Waals surface area contributed by atoms with Crippen molar-refractivity contribution < 1.29 is 19.1 Å². The lowest BCUT2D eigenvalue weighted by Crippen LogP contribution is -2.31. The fourth-order valence-corrected chi connectivity index (χ4v) is 3.82. The lowest BCUT2D eigenvalue weighted by molar-refractivity contribution is -0.118. The SMILES string of the molecule is Cc1ccccc1OCC(=O)Nc1nnc(CCN2C(=O)c3ccccc3C2=O)s1. The van der Waals surface area contributed by atoms with Crippen molar-refractivity contribution in [1.82, 2.24) is 15.1 Å². The topological polar surface area (TPSA) is 101 Å². The number of rotatable bonds is 7. The van der Waals surface area contributed by atoms with Gasteiger partial charge < -0.3 is 4.74 Å². The number of nitrogens with zero attached hydrogens (tertiary/aromatic N) is 3. The number of aryl methyl sites for hydroxylation is 1. The molecule has 30 heavy (non-hydrogen) atoms. The Kier molecular flexibility index (Phi) is 5.53. The third-order valence-electron chi connectivity index (χ3n) is 4.59. The predicted octanol–water partition coefficient (Wildman–Crippen LogP) is 2.70. The standard InChI is InChI=1S/C21H18N4O4S/c1-13-6-2-5-9-16(13)29-12-17(26)22-21-24-23-18(30-21)10-11-25-19(27)14-7-3-4-8-15(14)20(25)28/h2-9H,10-12H2,1H3,(H,22,24,26). The van der Waals surface area contributed by atoms with Crippen molar-refractivity contribution in [2.75, 3.05) is 18.5 Å². The van der Waals surface area contributed by atoms with Crippen molar-refractivity contribution in [3.63, 3.8) is 0 Å². The lowest BCUT2D eigenvalue weighted by atomic mass is 10.1. The number of fused-ring (bicyclic) bond motifs is 1. The summed E-state index contributed by atoms with van der Waals surface area (Å²) in [4.78, 5) is 38.1. The smallest absolute Gasteiger partial charge is 0.264 e. The highest BCUT2D eigenvalue weighted by Crippen LogP contribution is 2.23. The molecule has 0 saturated carbocycles. The van der Waals surface area contributed by atoms with Crippen LogP contribution in [0.4, 0.5) is 5.13 Å². The number of imide groups is 1. The summed E-state index contributed by atoms with van der Waals surface area (Å²) < 4.78 is 5.51. The van der Waals surface area contributed by atoms with Gasteiger partial charge in [0.2, 0.25) is 5.13 Å². The van der Waals surface area contributed by atoms with Gasteiger partial charge in [-0.3, -0.25) is 24.6 Å². The molecule has 2 aromatic carbocycles. The third kappa shape index (κ3) is 4.06. The summed E-state index contributed by atoms with van der Waals surface area (Å²) in [6.45, 7) is 1.96. The number of hydrogen-bond acceptors (Lipinski definition) is 7. The molecule has 152 valence electrons. The van der Waals surface area contributed by atoms with Gasteiger partial charge in [-0.1, -0.05) is 41.7 Å². The quantitative estimate of drug-likeness (QED) is 0.588. The van der Waals surface area contributed by atoms with Gasteiger partial charge in [0.05, 0.1) is 11.1 Å². The average Bonchev–Trinajstić information content (AvgIpc) is 3.29. The molecule has 2 heterocycles. The normalized spacial score (nSPS) is 12.8. The van der Waals surface area contributed by atoms with Gasteiger partial charge >= 0.3 is 0 Å². The third-order valence-corrected chi connectivity index (χ3v) is 5.49. The molecule has 3 amide bonds. The van der Waals surface area contributed by atoms with Crippen molar-refractivity contribution >= 4 is 34.2 Å². The highest BCUT2D eigenvalue weighted by Gasteiger charge is 2.34. The van der Waals surface area contributed by atoms with Crippen molar-refractivity contribution in [2.24, 2.45) is 0 Å². The second-order valence-electron chi connectivity index (χ2n) is 6.66. The van der Waals surface area contributed by atoms with Crippen LogP contribution in [0.2, 0.25) is 0 Å². The Morgan fingerprint density at radius 1 is 1.03 bits per heavy atom. The Labute approximate surface area is 176 Å². The van der Waals surface area contributed by atoms with Gasteiger partial charge in [0.1, 0.15) is 10.8 Å². The molecule has 0 bridgehead atoms. The van der Waals surface area contributed by atoms with E-state index in [1.807, 2.05) is 25.1 Å². The highest BCUT2D eigenvalue weighted by molar-refractivity contribution is 7.15. The van der Waals surface area contributed by atoms with Crippen molar-refractivity contribution in [1.29, 1.82) is 0 Å². The maximum atomic E-state index is 12.4. The summed E-state index contributed by atoms with van der Waals surface area (Å²) in [6.07, 6.45) is 0.360. The second-order valence-corrected chi connectivity index (χ2v) is 7.72. The van der Waals surface area contributed by atoms with Crippen LogP contribution >= 0.6 is 11.3 Å². The van der Waals surface area contributed by atoms with E-state index in [-0.39, 0.29) is 30.9 Å². The molecule has 4 rings (SSSR count). The van der Waals surface area contributed by atoms with E-state index in [0.717, 1.165) is 5.56 Å². The van der Waals surface area contributed by atoms with E-state index >= 15 is 0 Å². The Morgan fingerprint density at radius 3 is 2.40 bits per heavy atom. The molecule has 1 aliphatic heterocycles. The largest absolute Gasteiger partial charge is 0.483 e. The summed E-state index contributed by atoms with van der Waals surface area (Å²) in [6, 6.07) is 14.2. The first kappa shape index (κ1) is 19.7. The Hall–Kier alpha value is -3.59. The summed E-state index contributed by atoms with van der Waals surface area (Å²) >= 11 is 1.20. The maximum Gasteiger partial charge on any atom is 0.264 e. The van der Waals surface area contributed by atoms with Crippen LogP contribution in [0.25, 0.3) is 0 Å². The van der Waals surface area contributed by atoms with Gasteiger partial charge in [-0.2, -0.15) is 0 Å². The van der Waals surface area contributed by atoms with Crippen molar-refractivity contribution in [2.45, 2.75) is 13.3 Å². The number of carbonyl (C=O) groups is 3. The number of hydrogen-bond donors (Lipinski definition) is 1. The van der Waals surface area contributed by atoms with Crippen LogP contribution in [0.1, 0.15) is 31.3 Å². The maximum absolute atomic E-state index is 12.4. The van der Waals surface area contributed by atoms with E-state index in [2.05, 4.69) is 15.5 Å². The fraction of sp³-hybridized carbons (Fsp3) is 0.190. The molecule has 0 aliphatic carbocycles. The van der Waals surface area contributed by atoms with E-state index < -0.39 is 0 Å². The molecule has 0 spiro atoms. The fourth-order valence-electron chi connectivity index (χ4n) is 3.07. The summed E-state index contributed by atoms with van der Waals surface area (Å²) in [5.74, 6) is -0.308. The minimum Gasteiger partial charge on any atom is -0.483 e. The van der Waals surface area contributed by atoms with E-state index in [4.69, 9.17) is 4.74 Å². The van der Waals surface area contributed by atoms with Crippen LogP contribution in [-0.2, 0) is 11.2 Å². The van der Waals surface area contributed by atoms with Crippen LogP contribution < -0.4 is 10.1 Å². The molecule has 0 fully saturated rings. The molecule has 0 saturated heterocycles. The number of amides is 3. The molecule has 1 aromatic heterocycles. The lowest BCUT2D eigenvalue weighted by Gasteiger charge is -2.12. The van der Waals surface area contributed by atoms with E-state index in [9.17, 15) is 14.4 Å². The molecule has 0 unspecified atom stereocenters. The number of anilines is 1. The number of ether oxygens (including phenoxy) is 1. The zero-order valence-corrected chi connectivity index (χ0v) is 16.9. The monoisotopic (exact) mass is 422 g/mol. The second kappa shape index (κ2) is 8.42. The van der Waals surface area contributed by atoms with E-state index in [1.54, 1.807) is 30.3 Å². The number of nitrogens with one attached hydrogen (secondary N) is 1. The summed E-state index contributed by atoms with van der Waals surface area (Å²) in [7, 11) is 0. The van der Waals surface area contributed by atoms with Gasteiger partial charge in [-0.05, 0) is 30.7 Å². The van der Waals surface area contributed by atoms with E-state index in [1.165, 1.54) is 16.2 Å².